The van der Waals surface area contributed by atoms with E-state index in [1.54, 1.807) is 0 Å². The number of rotatable bonds is 3. The van der Waals surface area contributed by atoms with Crippen molar-refractivity contribution in [2.24, 2.45) is 0 Å². The summed E-state index contributed by atoms with van der Waals surface area (Å²) in [6, 6.07) is 0. The van der Waals surface area contributed by atoms with Crippen molar-refractivity contribution in [2.45, 2.75) is 16.7 Å². The van der Waals surface area contributed by atoms with Crippen LogP contribution in [0.15, 0.2) is 17.3 Å². The van der Waals surface area contributed by atoms with E-state index in [1.165, 1.54) is 6.20 Å². The van der Waals surface area contributed by atoms with Crippen LogP contribution in [0.1, 0.15) is 17.6 Å². The highest BCUT2D eigenvalue weighted by molar-refractivity contribution is 9.08. The summed E-state index contributed by atoms with van der Waals surface area (Å²) in [5.74, 6) is 0. The minimum absolute atomic E-state index is 0.0833. The molecule has 15 heavy (non-hydrogen) atoms. The molecule has 3 nitrogen and oxygen atoms in total. The molecule has 0 unspecified atom stereocenters. The maximum Gasteiger partial charge on any atom is 0.265 e. The Morgan fingerprint density at radius 2 is 2.07 bits per heavy atom. The fraction of sp³-hybridized carbons (Fsp3) is 0.286. The summed E-state index contributed by atoms with van der Waals surface area (Å²) in [5.41, 5.74) is -0.497. The minimum atomic E-state index is -4.20. The Kier molecular flexibility index (Phi) is 4.02. The van der Waals surface area contributed by atoms with Gasteiger partial charge < -0.3 is 0 Å². The SMILES string of the molecule is O=S(=O)(Cl)c1cncc(CBr)c1C(F)F. The van der Waals surface area contributed by atoms with Crippen molar-refractivity contribution in [2.75, 3.05) is 0 Å². The fourth-order valence-corrected chi connectivity index (χ4v) is 2.53. The molecular weight excluding hydrogens is 316 g/mol. The second kappa shape index (κ2) is 4.71. The topological polar surface area (TPSA) is 47.0 Å². The molecule has 8 heteroatoms. The average Bonchev–Trinajstić information content (AvgIpc) is 2.15. The molecule has 0 fully saturated rings. The molecule has 0 aliphatic carbocycles. The maximum atomic E-state index is 12.6. The highest BCUT2D eigenvalue weighted by Gasteiger charge is 2.24. The molecule has 1 aromatic heterocycles. The van der Waals surface area contributed by atoms with Crippen molar-refractivity contribution in [3.8, 4) is 0 Å². The van der Waals surface area contributed by atoms with E-state index in [0.29, 0.717) is 0 Å². The molecule has 0 N–H and O–H groups in total. The number of hydrogen-bond acceptors (Lipinski definition) is 3. The third-order valence-corrected chi connectivity index (χ3v) is 3.61. The van der Waals surface area contributed by atoms with Crippen molar-refractivity contribution < 1.29 is 17.2 Å². The number of hydrogen-bond donors (Lipinski definition) is 0. The lowest BCUT2D eigenvalue weighted by atomic mass is 10.2. The molecular formula is C7H5BrClF2NO2S. The van der Waals surface area contributed by atoms with Gasteiger partial charge >= 0.3 is 0 Å². The van der Waals surface area contributed by atoms with Gasteiger partial charge in [0.1, 0.15) is 4.90 Å². The van der Waals surface area contributed by atoms with Crippen LogP contribution in [0.2, 0.25) is 0 Å². The van der Waals surface area contributed by atoms with E-state index >= 15 is 0 Å². The first kappa shape index (κ1) is 12.8. The molecule has 0 atom stereocenters. The summed E-state index contributed by atoms with van der Waals surface area (Å²) < 4.78 is 47.3. The van der Waals surface area contributed by atoms with E-state index in [9.17, 15) is 17.2 Å². The Balaban J connectivity index is 3.53. The molecule has 0 aromatic carbocycles. The number of pyridine rings is 1. The predicted molar refractivity (Wildman–Crippen MR) is 54.9 cm³/mol. The molecule has 0 saturated carbocycles. The molecule has 0 saturated heterocycles. The van der Waals surface area contributed by atoms with Crippen LogP contribution in [0.5, 0.6) is 0 Å². The zero-order valence-electron chi connectivity index (χ0n) is 7.12. The Hall–Kier alpha value is -0.270. The second-order valence-electron chi connectivity index (χ2n) is 2.58. The first-order chi connectivity index (χ1) is 6.88. The molecule has 0 aliphatic rings. The minimum Gasteiger partial charge on any atom is -0.263 e. The molecule has 1 aromatic rings. The first-order valence-corrected chi connectivity index (χ1v) is 7.06. The third-order valence-electron chi connectivity index (χ3n) is 1.66. The standard InChI is InChI=1S/C7H5BrClF2NO2S/c8-1-4-2-12-3-5(15(9,13)14)6(4)7(10)11/h2-3,7H,1H2. The van der Waals surface area contributed by atoms with Gasteiger partial charge in [-0.25, -0.2) is 17.2 Å². The quantitative estimate of drug-likeness (QED) is 0.635. The summed E-state index contributed by atoms with van der Waals surface area (Å²) in [6.07, 6.45) is -0.929. The number of alkyl halides is 3. The van der Waals surface area contributed by atoms with E-state index < -0.39 is 25.9 Å². The molecule has 0 amide bonds. The molecule has 1 heterocycles. The van der Waals surface area contributed by atoms with Gasteiger partial charge in [0, 0.05) is 34.0 Å². The van der Waals surface area contributed by atoms with Gasteiger partial charge in [0.25, 0.3) is 15.5 Å². The lowest BCUT2D eigenvalue weighted by Gasteiger charge is -2.09. The molecule has 84 valence electrons. The van der Waals surface area contributed by atoms with Crippen LogP contribution in [0.25, 0.3) is 0 Å². The van der Waals surface area contributed by atoms with E-state index in [1.807, 2.05) is 0 Å². The normalized spacial score (nSPS) is 12.1. The van der Waals surface area contributed by atoms with Crippen LogP contribution < -0.4 is 0 Å². The summed E-state index contributed by atoms with van der Waals surface area (Å²) in [7, 11) is 0.818. The van der Waals surface area contributed by atoms with Gasteiger partial charge in [0.05, 0.1) is 0 Å². The fourth-order valence-electron chi connectivity index (χ4n) is 1.04. The van der Waals surface area contributed by atoms with Crippen molar-refractivity contribution in [3.63, 3.8) is 0 Å². The smallest absolute Gasteiger partial charge is 0.263 e. The van der Waals surface area contributed by atoms with Crippen molar-refractivity contribution in [1.29, 1.82) is 0 Å². The van der Waals surface area contributed by atoms with Crippen LogP contribution in [-0.4, -0.2) is 13.4 Å². The Morgan fingerprint density at radius 3 is 2.47 bits per heavy atom. The van der Waals surface area contributed by atoms with Gasteiger partial charge in [-0.3, -0.25) is 4.98 Å². The monoisotopic (exact) mass is 319 g/mol. The Labute approximate surface area is 98.0 Å². The summed E-state index contributed by atoms with van der Waals surface area (Å²) >= 11 is 2.97. The van der Waals surface area contributed by atoms with Gasteiger partial charge in [0.2, 0.25) is 0 Å². The van der Waals surface area contributed by atoms with E-state index in [2.05, 4.69) is 20.9 Å². The summed E-state index contributed by atoms with van der Waals surface area (Å²) in [6.45, 7) is 0. The highest BCUT2D eigenvalue weighted by Crippen LogP contribution is 2.31. The van der Waals surface area contributed by atoms with Crippen LogP contribution in [0.4, 0.5) is 8.78 Å². The lowest BCUT2D eigenvalue weighted by molar-refractivity contribution is 0.147. The zero-order chi connectivity index (χ0) is 11.6. The van der Waals surface area contributed by atoms with Crippen LogP contribution in [0, 0.1) is 0 Å². The molecule has 1 rings (SSSR count). The number of aromatic nitrogens is 1. The third kappa shape index (κ3) is 2.85. The number of halogens is 4. The van der Waals surface area contributed by atoms with E-state index in [4.69, 9.17) is 10.7 Å². The van der Waals surface area contributed by atoms with Crippen molar-refractivity contribution in [1.82, 2.24) is 4.98 Å². The van der Waals surface area contributed by atoms with Gasteiger partial charge in [0.15, 0.2) is 0 Å². The first-order valence-electron chi connectivity index (χ1n) is 3.63. The van der Waals surface area contributed by atoms with Crippen molar-refractivity contribution >= 4 is 35.7 Å². The Bertz CT molecular complexity index is 466. The van der Waals surface area contributed by atoms with Gasteiger partial charge in [-0.2, -0.15) is 0 Å². The largest absolute Gasteiger partial charge is 0.265 e. The summed E-state index contributed by atoms with van der Waals surface area (Å²) in [4.78, 5) is 2.90. The van der Waals surface area contributed by atoms with Crippen LogP contribution >= 0.6 is 26.6 Å². The zero-order valence-corrected chi connectivity index (χ0v) is 10.3. The van der Waals surface area contributed by atoms with Gasteiger partial charge in [-0.1, -0.05) is 15.9 Å². The highest BCUT2D eigenvalue weighted by atomic mass is 79.9. The molecule has 0 radical (unpaired) electrons. The maximum absolute atomic E-state index is 12.6. The number of nitrogens with zero attached hydrogens (tertiary/aromatic N) is 1. The Morgan fingerprint density at radius 1 is 1.47 bits per heavy atom. The average molecular weight is 321 g/mol. The molecule has 0 spiro atoms. The van der Waals surface area contributed by atoms with Crippen LogP contribution in [0.3, 0.4) is 0 Å². The van der Waals surface area contributed by atoms with Crippen molar-refractivity contribution in [3.05, 3.63) is 23.5 Å². The second-order valence-corrected chi connectivity index (χ2v) is 5.68. The van der Waals surface area contributed by atoms with E-state index in [0.717, 1.165) is 6.20 Å². The molecule has 0 aliphatic heterocycles. The van der Waals surface area contributed by atoms with Gasteiger partial charge in [-0.15, -0.1) is 0 Å². The van der Waals surface area contributed by atoms with Crippen LogP contribution in [-0.2, 0) is 14.4 Å². The molecule has 0 bridgehead atoms. The van der Waals surface area contributed by atoms with E-state index in [-0.39, 0.29) is 10.9 Å². The predicted octanol–water partition coefficient (Wildman–Crippen LogP) is 2.84. The lowest BCUT2D eigenvalue weighted by Crippen LogP contribution is -2.03. The van der Waals surface area contributed by atoms with Gasteiger partial charge in [-0.05, 0) is 5.56 Å². The summed E-state index contributed by atoms with van der Waals surface area (Å²) in [5, 5.41) is 0.0833.